The summed E-state index contributed by atoms with van der Waals surface area (Å²) in [6.07, 6.45) is -2.38. The van der Waals surface area contributed by atoms with E-state index in [2.05, 4.69) is 12.2 Å². The van der Waals surface area contributed by atoms with E-state index in [4.69, 9.17) is 79.9 Å². The molecule has 0 bridgehead atoms. The number of nitrogens with zero attached hydrogens (tertiary/aromatic N) is 3. The number of nitrogens with one attached hydrogen (secondary N) is 2. The molecule has 3 aromatic carbocycles. The van der Waals surface area contributed by atoms with Gasteiger partial charge in [-0.1, -0.05) is 59.9 Å². The van der Waals surface area contributed by atoms with Gasteiger partial charge in [-0.25, -0.2) is 13.1 Å². The van der Waals surface area contributed by atoms with Gasteiger partial charge in [-0.15, -0.1) is 11.6 Å². The summed E-state index contributed by atoms with van der Waals surface area (Å²) < 4.78 is 93.7. The van der Waals surface area contributed by atoms with Crippen LogP contribution in [0, 0.1) is 17.0 Å². The van der Waals surface area contributed by atoms with Crippen LogP contribution in [0.5, 0.6) is 11.5 Å². The summed E-state index contributed by atoms with van der Waals surface area (Å²) in [5.74, 6) is -2.66. The zero-order valence-corrected chi connectivity index (χ0v) is 44.3. The van der Waals surface area contributed by atoms with Crippen LogP contribution < -0.4 is 19.7 Å². The van der Waals surface area contributed by atoms with Crippen molar-refractivity contribution in [2.45, 2.75) is 63.9 Å². The van der Waals surface area contributed by atoms with Crippen LogP contribution >= 0.6 is 54.0 Å². The minimum absolute atomic E-state index is 0.0371. The number of halogens is 7. The van der Waals surface area contributed by atoms with Gasteiger partial charge in [0.15, 0.2) is 4.84 Å². The van der Waals surface area contributed by atoms with Gasteiger partial charge in [0.2, 0.25) is 15.9 Å². The van der Waals surface area contributed by atoms with E-state index < -0.39 is 85.8 Å². The number of alkyl halides is 6. The number of aliphatic carboxylic acids is 1. The minimum Gasteiger partial charge on any atom is -0.480 e. The lowest BCUT2D eigenvalue weighted by Crippen LogP contribution is -2.45. The average Bonchev–Trinajstić information content (AvgIpc) is 3.94. The molecule has 4 aromatic rings. The maximum absolute atomic E-state index is 12.7. The average molecular weight is 1160 g/mol. The number of carbonyl (C=O) groups excluding carboxylic acids is 3. The molecule has 73 heavy (non-hydrogen) atoms. The Morgan fingerprint density at radius 1 is 1.07 bits per heavy atom. The number of para-hydroxylation sites is 1. The zero-order chi connectivity index (χ0) is 55.6. The maximum atomic E-state index is 12.7. The van der Waals surface area contributed by atoms with Crippen molar-refractivity contribution >= 4 is 99.1 Å². The van der Waals surface area contributed by atoms with Crippen molar-refractivity contribution < 1.29 is 83.8 Å². The summed E-state index contributed by atoms with van der Waals surface area (Å²) in [6.45, 7) is 10.3. The largest absolute Gasteiger partial charge is 0.480 e. The van der Waals surface area contributed by atoms with Crippen LogP contribution in [0.3, 0.4) is 0 Å². The first-order chi connectivity index (χ1) is 33.8. The van der Waals surface area contributed by atoms with Crippen LogP contribution in [0.15, 0.2) is 77.4 Å². The fraction of sp³-hybridized carbons (Fsp3) is 0.395. The predicted molar refractivity (Wildman–Crippen MR) is 264 cm³/mol. The number of ether oxygens (including phenoxy) is 3. The van der Waals surface area contributed by atoms with Crippen molar-refractivity contribution in [1.82, 2.24) is 14.9 Å². The molecule has 1 atom stereocenters. The molecule has 1 aromatic heterocycles. The SMILES string of the molecule is CC1(C)OC(c2ccco2)CN1C(=O)C(Cl)Cl.CCOCN(C(=O)CCl)c1c(C)cccc1CC.CS(=O)(=O)NC(=O)c1cc(Oc2ccc(C(F)(F)F)cc2Cl)ccc1[N+](=O)[O-].O=C(O)CNCP(=O)(O)O. The summed E-state index contributed by atoms with van der Waals surface area (Å²) in [6, 6.07) is 14.7. The van der Waals surface area contributed by atoms with E-state index in [9.17, 15) is 55.4 Å². The highest BCUT2D eigenvalue weighted by molar-refractivity contribution is 7.89. The lowest BCUT2D eigenvalue weighted by atomic mass is 10.0. The molecule has 5 N–H and O–H groups in total. The Bertz CT molecular complexity index is 2700. The number of hydrogen-bond donors (Lipinski definition) is 5. The number of carbonyl (C=O) groups is 4. The molecule has 0 spiro atoms. The van der Waals surface area contributed by atoms with E-state index in [-0.39, 0.29) is 42.0 Å². The number of sulfonamides is 1. The van der Waals surface area contributed by atoms with E-state index >= 15 is 0 Å². The smallest absolute Gasteiger partial charge is 0.416 e. The predicted octanol–water partition coefficient (Wildman–Crippen LogP) is 8.39. The molecule has 2 heterocycles. The fourth-order valence-electron chi connectivity index (χ4n) is 6.18. The number of nitro groups is 1. The Hall–Kier alpha value is -5.05. The van der Waals surface area contributed by atoms with Gasteiger partial charge in [0.05, 0.1) is 53.1 Å². The number of carboxylic acids is 1. The number of furan rings is 1. The van der Waals surface area contributed by atoms with Gasteiger partial charge in [0.1, 0.15) is 47.3 Å². The Kier molecular flexibility index (Phi) is 25.1. The maximum Gasteiger partial charge on any atom is 0.416 e. The molecule has 1 saturated heterocycles. The molecule has 0 aliphatic carbocycles. The quantitative estimate of drug-likeness (QED) is 0.0218. The van der Waals surface area contributed by atoms with Crippen molar-refractivity contribution in [2.24, 2.45) is 0 Å². The third-order valence-corrected chi connectivity index (χ3v) is 11.4. The summed E-state index contributed by atoms with van der Waals surface area (Å²) in [7, 11) is -8.10. The Morgan fingerprint density at radius 2 is 1.73 bits per heavy atom. The molecule has 1 unspecified atom stereocenters. The second-order valence-electron chi connectivity index (χ2n) is 15.4. The molecule has 0 saturated carbocycles. The first-order valence-corrected chi connectivity index (χ1v) is 26.4. The molecule has 1 aliphatic rings. The molecule has 404 valence electrons. The second kappa shape index (κ2) is 28.6. The van der Waals surface area contributed by atoms with Crippen molar-refractivity contribution in [3.05, 3.63) is 116 Å². The third kappa shape index (κ3) is 21.4. The van der Waals surface area contributed by atoms with Crippen molar-refractivity contribution in [2.75, 3.05) is 49.7 Å². The van der Waals surface area contributed by atoms with Gasteiger partial charge in [0.25, 0.3) is 17.5 Å². The molecule has 3 amide bonds. The summed E-state index contributed by atoms with van der Waals surface area (Å²) >= 11 is 22.6. The highest BCUT2D eigenvalue weighted by atomic mass is 35.5. The molecular weight excluding hydrogens is 1100 g/mol. The van der Waals surface area contributed by atoms with E-state index in [1.165, 1.54) is 4.90 Å². The van der Waals surface area contributed by atoms with Gasteiger partial charge < -0.3 is 38.4 Å². The monoisotopic (exact) mass is 1150 g/mol. The van der Waals surface area contributed by atoms with E-state index in [1.807, 2.05) is 38.1 Å². The Labute approximate surface area is 437 Å². The van der Waals surface area contributed by atoms with Gasteiger partial charge >= 0.3 is 19.7 Å². The molecule has 1 fully saturated rings. The van der Waals surface area contributed by atoms with Crippen LogP contribution in [-0.4, -0.2) is 112 Å². The van der Waals surface area contributed by atoms with Crippen molar-refractivity contribution in [1.29, 1.82) is 0 Å². The van der Waals surface area contributed by atoms with Gasteiger partial charge in [-0.05, 0) is 81.6 Å². The third-order valence-electron chi connectivity index (χ3n) is 9.32. The van der Waals surface area contributed by atoms with Crippen molar-refractivity contribution in [3.8, 4) is 11.5 Å². The molecule has 0 radical (unpaired) electrons. The number of aryl methyl sites for hydroxylation is 2. The number of hydrogen-bond acceptors (Lipinski definition) is 14. The normalized spacial score (nSPS) is 14.1. The summed E-state index contributed by atoms with van der Waals surface area (Å²) in [4.78, 5) is 74.1. The van der Waals surface area contributed by atoms with Crippen LogP contribution in [0.2, 0.25) is 5.02 Å². The van der Waals surface area contributed by atoms with Gasteiger partial charge in [0, 0.05) is 18.7 Å². The molecule has 30 heteroatoms. The van der Waals surface area contributed by atoms with Crippen LogP contribution in [0.1, 0.15) is 66.6 Å². The number of benzene rings is 3. The number of nitro benzene ring substituents is 1. The standard InChI is InChI=1S/C15H10ClF3N2O6S.C14H20ClNO2.C11H13Cl2NO3.C3H8NO5P/c1-28(25,26)20-14(22)10-7-9(3-4-12(10)21(23)24)27-13-5-2-8(6-11(13)16)15(17,18)19;1-4-12-8-6-7-11(3)14(12)16(10-18-5-2)13(17)9-15;1-11(2)14(10(15)9(12)13)6-8(17-11)7-4-3-5-16-7;5-3(6)1-4-2-10(7,8)9/h2-7H,1H3,(H,20,22);6-8H,4-5,9-10H2,1-3H3;3-5,8-9H,6H2,1-2H3;4H,1-2H2,(H,5,6)(H2,7,8,9). The Balaban J connectivity index is 0.000000354. The number of anilines is 1. The highest BCUT2D eigenvalue weighted by Crippen LogP contribution is 2.39. The lowest BCUT2D eigenvalue weighted by Gasteiger charge is -2.29. The summed E-state index contributed by atoms with van der Waals surface area (Å²) in [5.41, 5.74) is 0.0425. The molecule has 5 rings (SSSR count). The topological polar surface area (TPSA) is 295 Å². The Morgan fingerprint density at radius 3 is 2.22 bits per heavy atom. The van der Waals surface area contributed by atoms with Gasteiger partial charge in [-0.3, -0.25) is 44.1 Å². The first-order valence-electron chi connectivity index (χ1n) is 20.9. The summed E-state index contributed by atoms with van der Waals surface area (Å²) in [5, 5.41) is 20.7. The van der Waals surface area contributed by atoms with Gasteiger partial charge in [-0.2, -0.15) is 13.2 Å². The lowest BCUT2D eigenvalue weighted by molar-refractivity contribution is -0.385. The van der Waals surface area contributed by atoms with Crippen LogP contribution in [-0.2, 0) is 51.0 Å². The van der Waals surface area contributed by atoms with Crippen LogP contribution in [0.25, 0.3) is 0 Å². The number of amides is 3. The minimum atomic E-state index is -4.62. The van der Waals surface area contributed by atoms with Crippen molar-refractivity contribution in [3.63, 3.8) is 0 Å². The number of carboxylic acid groups (broad SMARTS) is 1. The number of rotatable bonds is 17. The highest BCUT2D eigenvalue weighted by Gasteiger charge is 2.45. The molecular formula is C43H51Cl4F3N5O16PS. The van der Waals surface area contributed by atoms with E-state index in [0.717, 1.165) is 47.5 Å². The van der Waals surface area contributed by atoms with E-state index in [1.54, 1.807) is 35.8 Å². The fourth-order valence-corrected chi connectivity index (χ4v) is 7.62. The zero-order valence-electron chi connectivity index (χ0n) is 39.5. The van der Waals surface area contributed by atoms with Crippen LogP contribution in [0.4, 0.5) is 24.5 Å². The first kappa shape index (κ1) is 64.1. The molecule has 1 aliphatic heterocycles. The second-order valence-corrected chi connectivity index (χ2v) is 20.5. The van der Waals surface area contributed by atoms with E-state index in [0.29, 0.717) is 37.3 Å². The molecule has 21 nitrogen and oxygen atoms in total.